The highest BCUT2D eigenvalue weighted by Crippen LogP contribution is 2.28. The van der Waals surface area contributed by atoms with E-state index in [0.29, 0.717) is 5.92 Å². The molecule has 0 amide bonds. The van der Waals surface area contributed by atoms with Crippen LogP contribution in [0.15, 0.2) is 12.1 Å². The van der Waals surface area contributed by atoms with E-state index in [1.807, 2.05) is 6.07 Å². The lowest BCUT2D eigenvalue weighted by Gasteiger charge is -2.26. The lowest BCUT2D eigenvalue weighted by molar-refractivity contribution is 0.0581. The Balaban J connectivity index is 1.95. The number of hydrogen-bond acceptors (Lipinski definition) is 2. The summed E-state index contributed by atoms with van der Waals surface area (Å²) in [6, 6.07) is 4.01. The lowest BCUT2D eigenvalue weighted by atomic mass is 9.97. The molecule has 1 aromatic heterocycles. The van der Waals surface area contributed by atoms with Gasteiger partial charge in [-0.25, -0.2) is 0 Å². The number of halogens is 2. The van der Waals surface area contributed by atoms with Crippen LogP contribution in [0.5, 0.6) is 0 Å². The van der Waals surface area contributed by atoms with Crippen molar-refractivity contribution < 1.29 is 4.74 Å². The maximum absolute atomic E-state index is 6.23. The molecule has 1 nitrogen and oxygen atoms in total. The average Bonchev–Trinajstić information content (AvgIpc) is 2.56. The molecular weight excluding hydrogens is 239 g/mol. The molecule has 0 aliphatic carbocycles. The molecule has 2 unspecified atom stereocenters. The third kappa shape index (κ3) is 2.63. The fourth-order valence-electron chi connectivity index (χ4n) is 1.68. The highest BCUT2D eigenvalue weighted by molar-refractivity contribution is 7.16. The summed E-state index contributed by atoms with van der Waals surface area (Å²) in [6.07, 6.45) is 1.96. The van der Waals surface area contributed by atoms with Crippen LogP contribution >= 0.6 is 34.5 Å². The number of alkyl halides is 1. The normalized spacial score (nSPS) is 27.9. The molecule has 1 aromatic rings. The van der Waals surface area contributed by atoms with Gasteiger partial charge in [0.1, 0.15) is 0 Å². The Labute approximate surface area is 98.0 Å². The molecule has 2 heterocycles. The molecular formula is C10H12Cl2OS. The van der Waals surface area contributed by atoms with Crippen molar-refractivity contribution in [2.75, 3.05) is 13.2 Å². The van der Waals surface area contributed by atoms with Crippen LogP contribution in [0.1, 0.15) is 11.3 Å². The van der Waals surface area contributed by atoms with E-state index in [1.54, 1.807) is 11.3 Å². The van der Waals surface area contributed by atoms with Crippen LogP contribution in [0.4, 0.5) is 0 Å². The van der Waals surface area contributed by atoms with Gasteiger partial charge in [-0.2, -0.15) is 0 Å². The van der Waals surface area contributed by atoms with E-state index in [-0.39, 0.29) is 5.38 Å². The minimum absolute atomic E-state index is 0.254. The predicted octanol–water partition coefficient (Wildman–Crippen LogP) is 3.59. The molecule has 2 rings (SSSR count). The van der Waals surface area contributed by atoms with Gasteiger partial charge < -0.3 is 4.74 Å². The monoisotopic (exact) mass is 250 g/mol. The third-order valence-electron chi connectivity index (χ3n) is 2.47. The van der Waals surface area contributed by atoms with Crippen LogP contribution < -0.4 is 0 Å². The molecule has 0 aromatic carbocycles. The van der Waals surface area contributed by atoms with Crippen molar-refractivity contribution in [3.63, 3.8) is 0 Å². The first-order chi connectivity index (χ1) is 6.75. The van der Waals surface area contributed by atoms with Crippen LogP contribution in [0, 0.1) is 5.92 Å². The Morgan fingerprint density at radius 3 is 3.00 bits per heavy atom. The van der Waals surface area contributed by atoms with Gasteiger partial charge in [-0.05, 0) is 25.0 Å². The van der Waals surface area contributed by atoms with E-state index in [2.05, 4.69) is 6.07 Å². The fourth-order valence-corrected chi connectivity index (χ4v) is 3.11. The standard InChI is InChI=1S/C10H12Cl2OS/c11-9-3-4-13-6-7(9)5-8-1-2-10(12)14-8/h1-2,7,9H,3-6H2. The molecule has 14 heavy (non-hydrogen) atoms. The fraction of sp³-hybridized carbons (Fsp3) is 0.600. The van der Waals surface area contributed by atoms with Crippen molar-refractivity contribution >= 4 is 34.5 Å². The number of thiophene rings is 1. The Bertz CT molecular complexity index is 300. The molecule has 1 fully saturated rings. The van der Waals surface area contributed by atoms with Crippen LogP contribution in [-0.4, -0.2) is 18.6 Å². The zero-order chi connectivity index (χ0) is 9.97. The molecule has 1 saturated heterocycles. The van der Waals surface area contributed by atoms with Gasteiger partial charge in [0, 0.05) is 22.8 Å². The number of rotatable bonds is 2. The molecule has 78 valence electrons. The predicted molar refractivity (Wildman–Crippen MR) is 61.6 cm³/mol. The molecule has 0 N–H and O–H groups in total. The first kappa shape index (κ1) is 10.7. The van der Waals surface area contributed by atoms with E-state index in [4.69, 9.17) is 27.9 Å². The molecule has 4 heteroatoms. The quantitative estimate of drug-likeness (QED) is 0.730. The van der Waals surface area contributed by atoms with Gasteiger partial charge >= 0.3 is 0 Å². The van der Waals surface area contributed by atoms with E-state index in [0.717, 1.165) is 30.4 Å². The highest BCUT2D eigenvalue weighted by atomic mass is 35.5. The van der Waals surface area contributed by atoms with E-state index < -0.39 is 0 Å². The summed E-state index contributed by atoms with van der Waals surface area (Å²) in [5.41, 5.74) is 0. The van der Waals surface area contributed by atoms with E-state index in [1.165, 1.54) is 4.88 Å². The largest absolute Gasteiger partial charge is 0.381 e. The molecule has 0 spiro atoms. The topological polar surface area (TPSA) is 9.23 Å². The van der Waals surface area contributed by atoms with Gasteiger partial charge in [-0.3, -0.25) is 0 Å². The van der Waals surface area contributed by atoms with Crippen molar-refractivity contribution in [3.8, 4) is 0 Å². The van der Waals surface area contributed by atoms with Gasteiger partial charge in [0.05, 0.1) is 10.9 Å². The van der Waals surface area contributed by atoms with E-state index >= 15 is 0 Å². The first-order valence-electron chi connectivity index (χ1n) is 4.72. The van der Waals surface area contributed by atoms with Gasteiger partial charge in [-0.15, -0.1) is 22.9 Å². The van der Waals surface area contributed by atoms with Crippen molar-refractivity contribution in [3.05, 3.63) is 21.3 Å². The Morgan fingerprint density at radius 2 is 2.36 bits per heavy atom. The van der Waals surface area contributed by atoms with Crippen LogP contribution in [0.3, 0.4) is 0 Å². The van der Waals surface area contributed by atoms with Crippen molar-refractivity contribution in [1.29, 1.82) is 0 Å². The van der Waals surface area contributed by atoms with Gasteiger partial charge in [0.2, 0.25) is 0 Å². The molecule has 1 aliphatic heterocycles. The maximum Gasteiger partial charge on any atom is 0.0931 e. The van der Waals surface area contributed by atoms with Crippen molar-refractivity contribution in [2.45, 2.75) is 18.2 Å². The summed E-state index contributed by atoms with van der Waals surface area (Å²) in [5.74, 6) is 0.445. The van der Waals surface area contributed by atoms with Gasteiger partial charge in [0.15, 0.2) is 0 Å². The maximum atomic E-state index is 6.23. The summed E-state index contributed by atoms with van der Waals surface area (Å²) >= 11 is 13.7. The van der Waals surface area contributed by atoms with Crippen molar-refractivity contribution in [2.24, 2.45) is 5.92 Å². The molecule has 0 saturated carbocycles. The number of hydrogen-bond donors (Lipinski definition) is 0. The number of ether oxygens (including phenoxy) is 1. The summed E-state index contributed by atoms with van der Waals surface area (Å²) in [6.45, 7) is 1.58. The SMILES string of the molecule is Clc1ccc(CC2COCCC2Cl)s1. The average molecular weight is 251 g/mol. The van der Waals surface area contributed by atoms with Crippen molar-refractivity contribution in [1.82, 2.24) is 0 Å². The second-order valence-corrected chi connectivity index (χ2v) is 5.91. The van der Waals surface area contributed by atoms with Gasteiger partial charge in [0.25, 0.3) is 0 Å². The second kappa shape index (κ2) is 4.84. The Morgan fingerprint density at radius 1 is 1.50 bits per heavy atom. The zero-order valence-electron chi connectivity index (χ0n) is 7.71. The third-order valence-corrected chi connectivity index (χ3v) is 4.30. The Hall–Kier alpha value is 0.240. The molecule has 0 radical (unpaired) electrons. The molecule has 2 atom stereocenters. The van der Waals surface area contributed by atoms with Crippen LogP contribution in [0.25, 0.3) is 0 Å². The zero-order valence-corrected chi connectivity index (χ0v) is 10.0. The smallest absolute Gasteiger partial charge is 0.0931 e. The van der Waals surface area contributed by atoms with E-state index in [9.17, 15) is 0 Å². The first-order valence-corrected chi connectivity index (χ1v) is 6.35. The summed E-state index contributed by atoms with van der Waals surface area (Å²) in [5, 5.41) is 0.254. The second-order valence-electron chi connectivity index (χ2n) is 3.55. The minimum Gasteiger partial charge on any atom is -0.381 e. The molecule has 0 bridgehead atoms. The minimum atomic E-state index is 0.254. The van der Waals surface area contributed by atoms with Crippen LogP contribution in [-0.2, 0) is 11.2 Å². The summed E-state index contributed by atoms with van der Waals surface area (Å²) in [7, 11) is 0. The molecule has 1 aliphatic rings. The van der Waals surface area contributed by atoms with Gasteiger partial charge in [-0.1, -0.05) is 11.6 Å². The Kier molecular flexibility index (Phi) is 3.72. The lowest BCUT2D eigenvalue weighted by Crippen LogP contribution is -2.29. The highest BCUT2D eigenvalue weighted by Gasteiger charge is 2.24. The summed E-state index contributed by atoms with van der Waals surface area (Å²) in [4.78, 5) is 1.30. The van der Waals surface area contributed by atoms with Crippen LogP contribution in [0.2, 0.25) is 4.34 Å². The summed E-state index contributed by atoms with van der Waals surface area (Å²) < 4.78 is 6.27.